The summed E-state index contributed by atoms with van der Waals surface area (Å²) in [4.78, 5) is 25.8. The summed E-state index contributed by atoms with van der Waals surface area (Å²) in [5.41, 5.74) is 2.32. The first-order valence-electron chi connectivity index (χ1n) is 7.61. The second-order valence-electron chi connectivity index (χ2n) is 6.24. The first-order valence-corrected chi connectivity index (χ1v) is 7.61. The number of fused-ring (bicyclic) bond motifs is 1. The number of nitrogens with zero attached hydrogens (tertiary/aromatic N) is 1. The van der Waals surface area contributed by atoms with Gasteiger partial charge in [0.1, 0.15) is 0 Å². The van der Waals surface area contributed by atoms with Crippen LogP contribution in [0.25, 0.3) is 0 Å². The van der Waals surface area contributed by atoms with Crippen LogP contribution in [0, 0.1) is 5.41 Å². The van der Waals surface area contributed by atoms with Gasteiger partial charge in [0.2, 0.25) is 5.91 Å². The van der Waals surface area contributed by atoms with Gasteiger partial charge in [-0.25, -0.2) is 4.79 Å². The van der Waals surface area contributed by atoms with Gasteiger partial charge >= 0.3 is 6.03 Å². The van der Waals surface area contributed by atoms with Gasteiger partial charge in [0.05, 0.1) is 5.41 Å². The van der Waals surface area contributed by atoms with Crippen molar-refractivity contribution < 1.29 is 9.59 Å². The molecular formula is C17H21N3O2. The van der Waals surface area contributed by atoms with Crippen LogP contribution >= 0.6 is 0 Å². The molecule has 1 aromatic rings. The van der Waals surface area contributed by atoms with Gasteiger partial charge in [-0.15, -0.1) is 6.58 Å². The lowest BCUT2D eigenvalue weighted by Crippen LogP contribution is -2.41. The molecule has 0 unspecified atom stereocenters. The minimum absolute atomic E-state index is 0.0757. The molecule has 0 aromatic heterocycles. The van der Waals surface area contributed by atoms with E-state index < -0.39 is 0 Å². The number of nitrogens with one attached hydrogen (secondary N) is 2. The van der Waals surface area contributed by atoms with Gasteiger partial charge in [-0.3, -0.25) is 4.79 Å². The molecular weight excluding hydrogens is 278 g/mol. The number of hydrogen-bond acceptors (Lipinski definition) is 2. The number of carbonyl (C=O) groups is 2. The standard InChI is InChI=1S/C17H21N3O2/c1-3-7-17(8-4-9-17)15(21)18-13-5-6-14-12(10-13)11-20(2)16(22)19-14/h3,5-6,10H,1,4,7-9,11H2,2H3,(H,18,21)(H,19,22). The molecule has 2 aliphatic rings. The lowest BCUT2D eigenvalue weighted by Gasteiger charge is -2.39. The van der Waals surface area contributed by atoms with Crippen molar-refractivity contribution in [1.82, 2.24) is 4.90 Å². The SMILES string of the molecule is C=CCC1(C(=O)Nc2ccc3c(c2)CN(C)C(=O)N3)CCC1. The van der Waals surface area contributed by atoms with Crippen molar-refractivity contribution in [2.45, 2.75) is 32.2 Å². The number of urea groups is 1. The highest BCUT2D eigenvalue weighted by Gasteiger charge is 2.42. The van der Waals surface area contributed by atoms with E-state index in [1.807, 2.05) is 24.3 Å². The number of amides is 3. The summed E-state index contributed by atoms with van der Waals surface area (Å²) in [7, 11) is 1.75. The molecule has 5 nitrogen and oxygen atoms in total. The third-order valence-corrected chi connectivity index (χ3v) is 4.69. The number of carbonyl (C=O) groups excluding carboxylic acids is 2. The fourth-order valence-corrected chi connectivity index (χ4v) is 3.13. The Bertz CT molecular complexity index is 635. The molecule has 22 heavy (non-hydrogen) atoms. The van der Waals surface area contributed by atoms with Crippen molar-refractivity contribution in [3.63, 3.8) is 0 Å². The fourth-order valence-electron chi connectivity index (χ4n) is 3.13. The van der Waals surface area contributed by atoms with Gasteiger partial charge < -0.3 is 15.5 Å². The van der Waals surface area contributed by atoms with Crippen LogP contribution in [0.1, 0.15) is 31.2 Å². The number of allylic oxidation sites excluding steroid dienone is 1. The van der Waals surface area contributed by atoms with Crippen LogP contribution < -0.4 is 10.6 Å². The molecule has 0 radical (unpaired) electrons. The molecule has 1 aromatic carbocycles. The summed E-state index contributed by atoms with van der Waals surface area (Å²) < 4.78 is 0. The lowest BCUT2D eigenvalue weighted by atomic mass is 9.66. The Kier molecular flexibility index (Phi) is 3.64. The average molecular weight is 299 g/mol. The molecule has 1 fully saturated rings. The summed E-state index contributed by atoms with van der Waals surface area (Å²) in [6, 6.07) is 5.51. The van der Waals surface area contributed by atoms with E-state index in [0.717, 1.165) is 42.6 Å². The Balaban J connectivity index is 1.76. The number of benzene rings is 1. The van der Waals surface area contributed by atoms with Gasteiger partial charge in [0, 0.05) is 25.0 Å². The monoisotopic (exact) mass is 299 g/mol. The first kappa shape index (κ1) is 14.6. The molecule has 0 saturated heterocycles. The zero-order chi connectivity index (χ0) is 15.7. The zero-order valence-electron chi connectivity index (χ0n) is 12.8. The Morgan fingerprint density at radius 1 is 1.50 bits per heavy atom. The predicted octanol–water partition coefficient (Wildman–Crippen LogP) is 3.35. The third-order valence-electron chi connectivity index (χ3n) is 4.69. The fraction of sp³-hybridized carbons (Fsp3) is 0.412. The van der Waals surface area contributed by atoms with Crippen LogP contribution in [0.3, 0.4) is 0 Å². The summed E-state index contributed by atoms with van der Waals surface area (Å²) in [6.07, 6.45) is 5.50. The maximum absolute atomic E-state index is 12.6. The van der Waals surface area contributed by atoms with E-state index in [0.29, 0.717) is 6.54 Å². The molecule has 3 amide bonds. The second-order valence-corrected chi connectivity index (χ2v) is 6.24. The molecule has 0 atom stereocenters. The Labute approximate surface area is 130 Å². The maximum atomic E-state index is 12.6. The molecule has 1 aliphatic heterocycles. The third kappa shape index (κ3) is 2.47. The molecule has 0 bridgehead atoms. The van der Waals surface area contributed by atoms with Gasteiger partial charge in [-0.2, -0.15) is 0 Å². The first-order chi connectivity index (χ1) is 10.5. The zero-order valence-corrected chi connectivity index (χ0v) is 12.8. The molecule has 3 rings (SSSR count). The molecule has 1 saturated carbocycles. The van der Waals surface area contributed by atoms with Crippen LogP contribution in [0.15, 0.2) is 30.9 Å². The minimum atomic E-state index is -0.275. The Morgan fingerprint density at radius 3 is 2.91 bits per heavy atom. The minimum Gasteiger partial charge on any atom is -0.326 e. The highest BCUT2D eigenvalue weighted by molar-refractivity contribution is 5.97. The number of rotatable bonds is 4. The predicted molar refractivity (Wildman–Crippen MR) is 86.7 cm³/mol. The van der Waals surface area contributed by atoms with E-state index in [2.05, 4.69) is 17.2 Å². The van der Waals surface area contributed by atoms with Crippen LogP contribution in [0.4, 0.5) is 16.2 Å². The highest BCUT2D eigenvalue weighted by Crippen LogP contribution is 2.45. The summed E-state index contributed by atoms with van der Waals surface area (Å²) in [5.74, 6) is 0.0757. The smallest absolute Gasteiger partial charge is 0.321 e. The van der Waals surface area contributed by atoms with Gasteiger partial charge in [0.25, 0.3) is 0 Å². The van der Waals surface area contributed by atoms with Crippen LogP contribution in [-0.4, -0.2) is 23.9 Å². The van der Waals surface area contributed by atoms with Crippen LogP contribution in [-0.2, 0) is 11.3 Å². The van der Waals surface area contributed by atoms with Gasteiger partial charge in [0.15, 0.2) is 0 Å². The van der Waals surface area contributed by atoms with E-state index in [9.17, 15) is 9.59 Å². The molecule has 1 heterocycles. The van der Waals surface area contributed by atoms with E-state index in [1.165, 1.54) is 0 Å². The van der Waals surface area contributed by atoms with Crippen LogP contribution in [0.2, 0.25) is 0 Å². The number of anilines is 2. The van der Waals surface area contributed by atoms with Crippen molar-refractivity contribution in [2.24, 2.45) is 5.41 Å². The summed E-state index contributed by atoms with van der Waals surface area (Å²) >= 11 is 0. The molecule has 116 valence electrons. The largest absolute Gasteiger partial charge is 0.326 e. The van der Waals surface area contributed by atoms with E-state index in [4.69, 9.17) is 0 Å². The van der Waals surface area contributed by atoms with Gasteiger partial charge in [-0.1, -0.05) is 12.5 Å². The van der Waals surface area contributed by atoms with E-state index in [-0.39, 0.29) is 17.4 Å². The Morgan fingerprint density at radius 2 is 2.27 bits per heavy atom. The van der Waals surface area contributed by atoms with E-state index in [1.54, 1.807) is 11.9 Å². The van der Waals surface area contributed by atoms with Crippen molar-refractivity contribution in [3.05, 3.63) is 36.4 Å². The summed E-state index contributed by atoms with van der Waals surface area (Å²) in [6.45, 7) is 4.31. The molecule has 5 heteroatoms. The summed E-state index contributed by atoms with van der Waals surface area (Å²) in [5, 5.41) is 5.85. The second kappa shape index (κ2) is 5.48. The van der Waals surface area contributed by atoms with Crippen LogP contribution in [0.5, 0.6) is 0 Å². The van der Waals surface area contributed by atoms with Crippen molar-refractivity contribution in [1.29, 1.82) is 0 Å². The average Bonchev–Trinajstić information content (AvgIpc) is 2.44. The van der Waals surface area contributed by atoms with Crippen molar-refractivity contribution in [2.75, 3.05) is 17.7 Å². The van der Waals surface area contributed by atoms with Gasteiger partial charge in [-0.05, 0) is 43.0 Å². The topological polar surface area (TPSA) is 61.4 Å². The highest BCUT2D eigenvalue weighted by atomic mass is 16.2. The van der Waals surface area contributed by atoms with Crippen molar-refractivity contribution in [3.8, 4) is 0 Å². The number of hydrogen-bond donors (Lipinski definition) is 2. The maximum Gasteiger partial charge on any atom is 0.321 e. The molecule has 0 spiro atoms. The molecule has 2 N–H and O–H groups in total. The van der Waals surface area contributed by atoms with Crippen molar-refractivity contribution >= 4 is 23.3 Å². The van der Waals surface area contributed by atoms with E-state index >= 15 is 0 Å². The molecule has 1 aliphatic carbocycles. The quantitative estimate of drug-likeness (QED) is 0.838. The Hall–Kier alpha value is -2.30. The normalized spacial score (nSPS) is 18.8. The lowest BCUT2D eigenvalue weighted by molar-refractivity contribution is -0.130.